The molecule has 7 N–H and O–H groups in total. The number of carbonyl (C=O) groups is 3. The summed E-state index contributed by atoms with van der Waals surface area (Å²) in [6, 6.07) is -3.69. The molecule has 0 heterocycles. The highest BCUT2D eigenvalue weighted by molar-refractivity contribution is 7.51. The van der Waals surface area contributed by atoms with E-state index in [2.05, 4.69) is 5.32 Å². The van der Waals surface area contributed by atoms with E-state index in [1.165, 1.54) is 13.8 Å². The molecule has 116 valence electrons. The van der Waals surface area contributed by atoms with Gasteiger partial charge in [0.2, 0.25) is 11.8 Å². The first-order valence-corrected chi connectivity index (χ1v) is 7.37. The predicted octanol–water partition coefficient (Wildman–Crippen LogP) is -2.41. The van der Waals surface area contributed by atoms with Gasteiger partial charge < -0.3 is 31.3 Å². The lowest BCUT2D eigenvalue weighted by atomic mass is 10.2. The topological polar surface area (TPSA) is 179 Å². The van der Waals surface area contributed by atoms with Gasteiger partial charge in [-0.25, -0.2) is 4.79 Å². The zero-order valence-electron chi connectivity index (χ0n) is 10.9. The summed E-state index contributed by atoms with van der Waals surface area (Å²) in [4.78, 5) is 51.1. The molecule has 0 aliphatic carbocycles. The summed E-state index contributed by atoms with van der Waals surface area (Å²) in [5.74, 6) is -3.10. The van der Waals surface area contributed by atoms with Crippen molar-refractivity contribution in [1.29, 1.82) is 0 Å². The fraction of sp³-hybridized carbons (Fsp3) is 0.667. The lowest BCUT2D eigenvalue weighted by Crippen LogP contribution is -2.53. The molecule has 3 unspecified atom stereocenters. The fourth-order valence-corrected chi connectivity index (χ4v) is 1.85. The smallest absolute Gasteiger partial charge is 0.328 e. The van der Waals surface area contributed by atoms with Crippen LogP contribution in [0.2, 0.25) is 0 Å². The largest absolute Gasteiger partial charge is 0.480 e. The van der Waals surface area contributed by atoms with Crippen LogP contribution in [0, 0.1) is 0 Å². The Hall–Kier alpha value is -1.48. The number of amides is 2. The fourth-order valence-electron chi connectivity index (χ4n) is 1.13. The Labute approximate surface area is 114 Å². The molecule has 0 saturated heterocycles. The van der Waals surface area contributed by atoms with Crippen LogP contribution in [0.15, 0.2) is 0 Å². The average Bonchev–Trinajstić information content (AvgIpc) is 2.25. The average molecular weight is 311 g/mol. The van der Waals surface area contributed by atoms with Gasteiger partial charge in [0.15, 0.2) is 0 Å². The normalized spacial score (nSPS) is 15.8. The second-order valence-electron chi connectivity index (χ2n) is 4.27. The molecule has 0 rings (SSSR count). The van der Waals surface area contributed by atoms with Gasteiger partial charge in [0, 0.05) is 0 Å². The molecule has 10 nitrogen and oxygen atoms in total. The van der Waals surface area contributed by atoms with Crippen LogP contribution in [0.1, 0.15) is 13.8 Å². The first kappa shape index (κ1) is 18.5. The molecule has 3 atom stereocenters. The summed E-state index contributed by atoms with van der Waals surface area (Å²) in [7, 11) is -4.61. The van der Waals surface area contributed by atoms with Crippen molar-refractivity contribution in [3.05, 3.63) is 0 Å². The summed E-state index contributed by atoms with van der Waals surface area (Å²) in [5, 5.41) is 12.9. The van der Waals surface area contributed by atoms with Crippen molar-refractivity contribution >= 4 is 25.4 Å². The van der Waals surface area contributed by atoms with Crippen molar-refractivity contribution in [3.8, 4) is 0 Å². The number of aliphatic carboxylic acids is 1. The van der Waals surface area contributed by atoms with Gasteiger partial charge in [0.25, 0.3) is 0 Å². The van der Waals surface area contributed by atoms with Crippen molar-refractivity contribution in [1.82, 2.24) is 10.6 Å². The third-order valence-corrected chi connectivity index (χ3v) is 3.04. The highest BCUT2D eigenvalue weighted by atomic mass is 31.2. The minimum absolute atomic E-state index is 0.616. The number of rotatable bonds is 7. The van der Waals surface area contributed by atoms with Crippen LogP contribution in [0.4, 0.5) is 0 Å². The van der Waals surface area contributed by atoms with Crippen LogP contribution in [0.3, 0.4) is 0 Å². The molecule has 0 spiro atoms. The van der Waals surface area contributed by atoms with Crippen LogP contribution >= 0.6 is 7.60 Å². The summed E-state index contributed by atoms with van der Waals surface area (Å²) < 4.78 is 10.8. The van der Waals surface area contributed by atoms with Crippen LogP contribution in [0.25, 0.3) is 0 Å². The van der Waals surface area contributed by atoms with E-state index in [4.69, 9.17) is 20.6 Å². The van der Waals surface area contributed by atoms with Gasteiger partial charge in [-0.3, -0.25) is 14.2 Å². The summed E-state index contributed by atoms with van der Waals surface area (Å²) in [6.45, 7) is 2.68. The third-order valence-electron chi connectivity index (χ3n) is 2.20. The molecule has 2 amide bonds. The SMILES string of the molecule is CC(N)C(=O)NC(C)C(=O)NC(CP(=O)(O)O)C(=O)O. The molecule has 0 aliphatic heterocycles. The van der Waals surface area contributed by atoms with E-state index < -0.39 is 49.7 Å². The molecular weight excluding hydrogens is 293 g/mol. The number of carboxylic acid groups (broad SMARTS) is 1. The third kappa shape index (κ3) is 7.19. The highest BCUT2D eigenvalue weighted by Gasteiger charge is 2.30. The van der Waals surface area contributed by atoms with Gasteiger partial charge in [-0.05, 0) is 13.8 Å². The number of hydrogen-bond donors (Lipinski definition) is 6. The maximum atomic E-state index is 11.6. The maximum absolute atomic E-state index is 11.6. The van der Waals surface area contributed by atoms with Gasteiger partial charge in [0.1, 0.15) is 12.1 Å². The molecule has 0 aromatic heterocycles. The summed E-state index contributed by atoms with van der Waals surface area (Å²) >= 11 is 0. The Kier molecular flexibility index (Phi) is 6.80. The minimum atomic E-state index is -4.61. The lowest BCUT2D eigenvalue weighted by molar-refractivity contribution is -0.141. The van der Waals surface area contributed by atoms with Crippen LogP contribution in [-0.2, 0) is 18.9 Å². The van der Waals surface area contributed by atoms with Crippen LogP contribution < -0.4 is 16.4 Å². The predicted molar refractivity (Wildman–Crippen MR) is 67.7 cm³/mol. The number of carboxylic acids is 1. The minimum Gasteiger partial charge on any atom is -0.480 e. The van der Waals surface area contributed by atoms with Gasteiger partial charge in [0.05, 0.1) is 12.2 Å². The van der Waals surface area contributed by atoms with Crippen LogP contribution in [-0.4, -0.2) is 57.0 Å². The van der Waals surface area contributed by atoms with E-state index in [0.29, 0.717) is 0 Å². The molecule has 0 bridgehead atoms. The second kappa shape index (κ2) is 7.34. The zero-order chi connectivity index (χ0) is 16.1. The molecule has 0 fully saturated rings. The molecule has 20 heavy (non-hydrogen) atoms. The van der Waals surface area contributed by atoms with Crippen molar-refractivity contribution < 1.29 is 33.8 Å². The van der Waals surface area contributed by atoms with Crippen molar-refractivity contribution in [2.75, 3.05) is 6.16 Å². The quantitative estimate of drug-likeness (QED) is 0.281. The van der Waals surface area contributed by atoms with Gasteiger partial charge in [-0.15, -0.1) is 0 Å². The van der Waals surface area contributed by atoms with Crippen LogP contribution in [0.5, 0.6) is 0 Å². The van der Waals surface area contributed by atoms with E-state index in [1.807, 2.05) is 5.32 Å². The summed E-state index contributed by atoms with van der Waals surface area (Å²) in [6.07, 6.45) is -1.04. The Morgan fingerprint density at radius 2 is 1.65 bits per heavy atom. The van der Waals surface area contributed by atoms with Crippen molar-refractivity contribution in [2.45, 2.75) is 32.0 Å². The number of nitrogens with two attached hydrogens (primary N) is 1. The zero-order valence-corrected chi connectivity index (χ0v) is 11.8. The Balaban J connectivity index is 4.65. The van der Waals surface area contributed by atoms with Crippen molar-refractivity contribution in [2.24, 2.45) is 5.73 Å². The van der Waals surface area contributed by atoms with Gasteiger partial charge in [-0.1, -0.05) is 0 Å². The first-order valence-electron chi connectivity index (χ1n) is 5.57. The van der Waals surface area contributed by atoms with Gasteiger partial charge >= 0.3 is 13.6 Å². The Morgan fingerprint density at radius 3 is 2.00 bits per heavy atom. The Bertz CT molecular complexity index is 433. The van der Waals surface area contributed by atoms with E-state index in [0.717, 1.165) is 0 Å². The Morgan fingerprint density at radius 1 is 1.15 bits per heavy atom. The summed E-state index contributed by atoms with van der Waals surface area (Å²) in [5.41, 5.74) is 5.28. The molecule has 0 aliphatic rings. The van der Waals surface area contributed by atoms with E-state index in [9.17, 15) is 18.9 Å². The van der Waals surface area contributed by atoms with E-state index in [1.54, 1.807) is 0 Å². The molecule has 0 aromatic rings. The lowest BCUT2D eigenvalue weighted by Gasteiger charge is -2.19. The molecule has 0 aromatic carbocycles. The van der Waals surface area contributed by atoms with E-state index >= 15 is 0 Å². The number of nitrogens with one attached hydrogen (secondary N) is 2. The number of hydrogen-bond acceptors (Lipinski definition) is 5. The van der Waals surface area contributed by atoms with Crippen molar-refractivity contribution in [3.63, 3.8) is 0 Å². The molecular formula is C9H18N3O7P. The molecule has 11 heteroatoms. The highest BCUT2D eigenvalue weighted by Crippen LogP contribution is 2.34. The number of carbonyl (C=O) groups excluding carboxylic acids is 2. The van der Waals surface area contributed by atoms with E-state index in [-0.39, 0.29) is 0 Å². The first-order chi connectivity index (χ1) is 8.94. The molecule has 0 radical (unpaired) electrons. The molecule has 0 saturated carbocycles. The van der Waals surface area contributed by atoms with Gasteiger partial charge in [-0.2, -0.15) is 0 Å². The second-order valence-corrected chi connectivity index (χ2v) is 5.96. The standard InChI is InChI=1S/C9H18N3O7P/c1-4(10)7(13)11-5(2)8(14)12-6(9(15)16)3-20(17,18)19/h4-6H,3,10H2,1-2H3,(H,11,13)(H,12,14)(H,15,16)(H2,17,18,19). The maximum Gasteiger partial charge on any atom is 0.328 e. The monoisotopic (exact) mass is 311 g/mol.